The molecule has 0 aliphatic heterocycles. The molecule has 1 heterocycles. The molecule has 9 unspecified atom stereocenters. The summed E-state index contributed by atoms with van der Waals surface area (Å²) in [4.78, 5) is 0. The van der Waals surface area contributed by atoms with Crippen LogP contribution in [0, 0.1) is 40.4 Å². The largest absolute Gasteiger partial charge is 0.393 e. The Balaban J connectivity index is 1.25. The highest BCUT2D eigenvalue weighted by atomic mass is 16.5. The maximum atomic E-state index is 11.3. The summed E-state index contributed by atoms with van der Waals surface area (Å²) in [7, 11) is 0. The summed E-state index contributed by atoms with van der Waals surface area (Å²) in [5.41, 5.74) is 1.78. The van der Waals surface area contributed by atoms with E-state index >= 15 is 0 Å². The number of hydrogen-bond acceptors (Lipinski definition) is 5. The average Bonchev–Trinajstić information content (AvgIpc) is 3.46. The van der Waals surface area contributed by atoms with Crippen LogP contribution in [0.3, 0.4) is 0 Å². The molecule has 5 nitrogen and oxygen atoms in total. The van der Waals surface area contributed by atoms with E-state index < -0.39 is 6.10 Å². The third kappa shape index (κ3) is 4.55. The molecule has 2 N–H and O–H groups in total. The standard InChI is InChI=1S/C30H47NO4/c1-19(2)26(32)7-5-6-20-8-10-23-22-9-11-25-28(33)27(34-18-21-14-17-31-35-21)13-16-30(25,4)24(22)12-15-29(20,23)3/h11,14,17,19-20,22-24,26-28,32-33H,5-10,12-13,15-16,18H2,1-4H3. The van der Waals surface area contributed by atoms with Crippen molar-refractivity contribution in [3.63, 3.8) is 0 Å². The van der Waals surface area contributed by atoms with Crippen LogP contribution in [0.25, 0.3) is 0 Å². The van der Waals surface area contributed by atoms with Crippen molar-refractivity contribution in [2.45, 2.75) is 117 Å². The van der Waals surface area contributed by atoms with E-state index in [0.717, 1.165) is 49.9 Å². The molecule has 1 aromatic rings. The quantitative estimate of drug-likeness (QED) is 0.423. The van der Waals surface area contributed by atoms with Gasteiger partial charge < -0.3 is 19.5 Å². The van der Waals surface area contributed by atoms with Crippen LogP contribution in [0.15, 0.2) is 28.4 Å². The van der Waals surface area contributed by atoms with Crippen molar-refractivity contribution in [3.05, 3.63) is 29.7 Å². The van der Waals surface area contributed by atoms with E-state index in [1.165, 1.54) is 37.7 Å². The van der Waals surface area contributed by atoms with Gasteiger partial charge in [-0.2, -0.15) is 0 Å². The molecule has 3 saturated carbocycles. The summed E-state index contributed by atoms with van der Waals surface area (Å²) in [6.45, 7) is 9.64. The van der Waals surface area contributed by atoms with Gasteiger partial charge in [0.25, 0.3) is 0 Å². The Morgan fingerprint density at radius 1 is 1.14 bits per heavy atom. The van der Waals surface area contributed by atoms with E-state index in [0.29, 0.717) is 29.6 Å². The predicted molar refractivity (Wildman–Crippen MR) is 136 cm³/mol. The molecule has 1 aromatic heterocycles. The molecule has 5 heteroatoms. The topological polar surface area (TPSA) is 75.7 Å². The number of ether oxygens (including phenoxy) is 1. The summed E-state index contributed by atoms with van der Waals surface area (Å²) in [5.74, 6) is 4.09. The summed E-state index contributed by atoms with van der Waals surface area (Å²) in [6, 6.07) is 1.82. The minimum Gasteiger partial charge on any atom is -0.393 e. The second-order valence-electron chi connectivity index (χ2n) is 13.1. The van der Waals surface area contributed by atoms with Gasteiger partial charge in [0, 0.05) is 6.07 Å². The molecule has 196 valence electrons. The minimum atomic E-state index is -0.519. The van der Waals surface area contributed by atoms with E-state index in [1.807, 2.05) is 6.07 Å². The number of aliphatic hydroxyl groups excluding tert-OH is 2. The fourth-order valence-corrected chi connectivity index (χ4v) is 8.88. The molecule has 0 spiro atoms. The molecule has 4 aliphatic rings. The smallest absolute Gasteiger partial charge is 0.162 e. The Morgan fingerprint density at radius 2 is 1.97 bits per heavy atom. The molecule has 3 fully saturated rings. The Hall–Kier alpha value is -1.17. The summed E-state index contributed by atoms with van der Waals surface area (Å²) in [6.07, 6.45) is 15.0. The van der Waals surface area contributed by atoms with E-state index in [9.17, 15) is 10.2 Å². The van der Waals surface area contributed by atoms with Crippen molar-refractivity contribution >= 4 is 0 Å². The Bertz CT molecular complexity index is 881. The number of hydrogen-bond donors (Lipinski definition) is 2. The second kappa shape index (κ2) is 9.95. The lowest BCUT2D eigenvalue weighted by atomic mass is 9.47. The van der Waals surface area contributed by atoms with Crippen LogP contribution >= 0.6 is 0 Å². The molecule has 0 aromatic carbocycles. The Labute approximate surface area is 211 Å². The van der Waals surface area contributed by atoms with Crippen molar-refractivity contribution < 1.29 is 19.5 Å². The highest BCUT2D eigenvalue weighted by Crippen LogP contribution is 2.66. The molecule has 9 atom stereocenters. The zero-order valence-electron chi connectivity index (χ0n) is 22.3. The van der Waals surface area contributed by atoms with Crippen LogP contribution in [0.1, 0.15) is 97.7 Å². The maximum absolute atomic E-state index is 11.3. The van der Waals surface area contributed by atoms with Gasteiger partial charge >= 0.3 is 0 Å². The molecule has 5 rings (SSSR count). The van der Waals surface area contributed by atoms with Gasteiger partial charge in [-0.05, 0) is 104 Å². The third-order valence-corrected chi connectivity index (χ3v) is 11.1. The zero-order chi connectivity index (χ0) is 24.8. The van der Waals surface area contributed by atoms with Crippen LogP contribution in [-0.2, 0) is 11.3 Å². The van der Waals surface area contributed by atoms with Crippen LogP contribution in [0.5, 0.6) is 0 Å². The van der Waals surface area contributed by atoms with E-state index in [2.05, 4.69) is 38.9 Å². The molecule has 0 amide bonds. The Morgan fingerprint density at radius 3 is 2.71 bits per heavy atom. The first-order chi connectivity index (χ1) is 16.7. The summed E-state index contributed by atoms with van der Waals surface area (Å²) in [5, 5.41) is 25.4. The average molecular weight is 486 g/mol. The number of rotatable bonds is 8. The molecule has 35 heavy (non-hydrogen) atoms. The summed E-state index contributed by atoms with van der Waals surface area (Å²) < 4.78 is 11.3. The second-order valence-corrected chi connectivity index (χ2v) is 13.1. The highest BCUT2D eigenvalue weighted by Gasteiger charge is 2.59. The first-order valence-corrected chi connectivity index (χ1v) is 14.3. The molecule has 0 saturated heterocycles. The van der Waals surface area contributed by atoms with Crippen LogP contribution in [-0.4, -0.2) is 33.7 Å². The minimum absolute atomic E-state index is 0.0925. The van der Waals surface area contributed by atoms with Gasteiger partial charge in [0.1, 0.15) is 12.7 Å². The first-order valence-electron chi connectivity index (χ1n) is 14.3. The van der Waals surface area contributed by atoms with Crippen molar-refractivity contribution in [2.75, 3.05) is 0 Å². The number of nitrogens with zero attached hydrogens (tertiary/aromatic N) is 1. The fourth-order valence-electron chi connectivity index (χ4n) is 8.88. The zero-order valence-corrected chi connectivity index (χ0v) is 22.3. The predicted octanol–water partition coefficient (Wildman–Crippen LogP) is 6.30. The fraction of sp³-hybridized carbons (Fsp3) is 0.833. The van der Waals surface area contributed by atoms with Crippen LogP contribution in [0.2, 0.25) is 0 Å². The van der Waals surface area contributed by atoms with Gasteiger partial charge in [-0.3, -0.25) is 0 Å². The van der Waals surface area contributed by atoms with Gasteiger partial charge in [0.2, 0.25) is 0 Å². The van der Waals surface area contributed by atoms with E-state index in [1.54, 1.807) is 6.20 Å². The Kier molecular flexibility index (Phi) is 7.24. The molecular weight excluding hydrogens is 438 g/mol. The number of allylic oxidation sites excluding steroid dienone is 1. The van der Waals surface area contributed by atoms with Gasteiger partial charge in [-0.15, -0.1) is 0 Å². The number of aliphatic hydroxyl groups is 2. The lowest BCUT2D eigenvalue weighted by Gasteiger charge is -2.59. The van der Waals surface area contributed by atoms with Gasteiger partial charge in [-0.1, -0.05) is 45.3 Å². The molecule has 0 radical (unpaired) electrons. The van der Waals surface area contributed by atoms with E-state index in [4.69, 9.17) is 9.26 Å². The SMILES string of the molecule is CC(C)C(O)CCCC1CCC2C3CC=C4C(O)C(OCc5ccno5)CCC4(C)C3CCC12C. The monoisotopic (exact) mass is 485 g/mol. The van der Waals surface area contributed by atoms with Crippen molar-refractivity contribution in [1.29, 1.82) is 0 Å². The molecule has 0 bridgehead atoms. The van der Waals surface area contributed by atoms with Gasteiger partial charge in [0.15, 0.2) is 5.76 Å². The van der Waals surface area contributed by atoms with Crippen molar-refractivity contribution in [1.82, 2.24) is 5.16 Å². The van der Waals surface area contributed by atoms with Gasteiger partial charge in [0.05, 0.1) is 18.4 Å². The lowest BCUT2D eigenvalue weighted by molar-refractivity contribution is -0.101. The van der Waals surface area contributed by atoms with Crippen LogP contribution in [0.4, 0.5) is 0 Å². The third-order valence-electron chi connectivity index (χ3n) is 11.1. The highest BCUT2D eigenvalue weighted by molar-refractivity contribution is 5.29. The van der Waals surface area contributed by atoms with Crippen LogP contribution < -0.4 is 0 Å². The number of fused-ring (bicyclic) bond motifs is 5. The van der Waals surface area contributed by atoms with Crippen molar-refractivity contribution in [2.24, 2.45) is 40.4 Å². The summed E-state index contributed by atoms with van der Waals surface area (Å²) >= 11 is 0. The molecule has 4 aliphatic carbocycles. The van der Waals surface area contributed by atoms with Gasteiger partial charge in [-0.25, -0.2) is 0 Å². The maximum Gasteiger partial charge on any atom is 0.162 e. The van der Waals surface area contributed by atoms with Crippen molar-refractivity contribution in [3.8, 4) is 0 Å². The normalized spacial score (nSPS) is 41.7. The lowest BCUT2D eigenvalue weighted by Crippen LogP contribution is -2.54. The first kappa shape index (κ1) is 25.5. The number of aromatic nitrogens is 1. The molecular formula is C30H47NO4. The van der Waals surface area contributed by atoms with E-state index in [-0.39, 0.29) is 17.6 Å².